The van der Waals surface area contributed by atoms with Crippen LogP contribution in [0.4, 0.5) is 0 Å². The second-order valence-corrected chi connectivity index (χ2v) is 5.41. The van der Waals surface area contributed by atoms with E-state index in [0.717, 1.165) is 25.8 Å². The van der Waals surface area contributed by atoms with Crippen LogP contribution in [0.5, 0.6) is 0 Å². The maximum atomic E-state index is 8.91. The van der Waals surface area contributed by atoms with Gasteiger partial charge in [-0.15, -0.1) is 11.3 Å². The van der Waals surface area contributed by atoms with Crippen molar-refractivity contribution in [3.8, 4) is 0 Å². The van der Waals surface area contributed by atoms with Crippen molar-refractivity contribution in [2.45, 2.75) is 39.2 Å². The van der Waals surface area contributed by atoms with Gasteiger partial charge < -0.3 is 10.4 Å². The molecule has 0 aromatic carbocycles. The zero-order valence-electron chi connectivity index (χ0n) is 10.3. The van der Waals surface area contributed by atoms with Crippen LogP contribution in [0.3, 0.4) is 0 Å². The lowest BCUT2D eigenvalue weighted by Gasteiger charge is -2.18. The molecule has 2 unspecified atom stereocenters. The molecule has 1 rings (SSSR count). The third-order valence-corrected chi connectivity index (χ3v) is 3.86. The first-order chi connectivity index (χ1) is 7.76. The smallest absolute Gasteiger partial charge is 0.0434 e. The van der Waals surface area contributed by atoms with Gasteiger partial charge in [0.15, 0.2) is 0 Å². The van der Waals surface area contributed by atoms with Gasteiger partial charge in [-0.3, -0.25) is 0 Å². The first-order valence-electron chi connectivity index (χ1n) is 6.12. The number of hydrogen-bond donors (Lipinski definition) is 2. The summed E-state index contributed by atoms with van der Waals surface area (Å²) in [6.07, 6.45) is 3.15. The van der Waals surface area contributed by atoms with Crippen LogP contribution < -0.4 is 5.32 Å². The number of aliphatic hydroxyl groups excluding tert-OH is 1. The fourth-order valence-electron chi connectivity index (χ4n) is 1.80. The van der Waals surface area contributed by atoms with Gasteiger partial charge in [0.25, 0.3) is 0 Å². The van der Waals surface area contributed by atoms with Crippen LogP contribution in [0.15, 0.2) is 17.5 Å². The summed E-state index contributed by atoms with van der Waals surface area (Å²) < 4.78 is 0. The molecule has 2 nitrogen and oxygen atoms in total. The molecular weight excluding hydrogens is 218 g/mol. The van der Waals surface area contributed by atoms with Gasteiger partial charge in [-0.25, -0.2) is 0 Å². The summed E-state index contributed by atoms with van der Waals surface area (Å²) in [5.41, 5.74) is 0. The van der Waals surface area contributed by atoms with Gasteiger partial charge >= 0.3 is 0 Å². The summed E-state index contributed by atoms with van der Waals surface area (Å²) in [4.78, 5) is 1.44. The summed E-state index contributed by atoms with van der Waals surface area (Å²) in [7, 11) is 0. The maximum Gasteiger partial charge on any atom is 0.0434 e. The molecule has 0 amide bonds. The molecule has 0 aliphatic carbocycles. The summed E-state index contributed by atoms with van der Waals surface area (Å²) in [5, 5.41) is 14.6. The summed E-state index contributed by atoms with van der Waals surface area (Å²) in [5.74, 6) is 0.607. The van der Waals surface area contributed by atoms with Crippen LogP contribution in [0.1, 0.15) is 31.6 Å². The second-order valence-electron chi connectivity index (χ2n) is 4.38. The number of aliphatic hydroxyl groups is 1. The Labute approximate surface area is 103 Å². The SMILES string of the molecule is CCC(CCO)CNC(C)Cc1cccs1. The Kier molecular flexibility index (Phi) is 6.69. The van der Waals surface area contributed by atoms with Crippen molar-refractivity contribution < 1.29 is 5.11 Å². The van der Waals surface area contributed by atoms with Gasteiger partial charge in [-0.05, 0) is 43.7 Å². The van der Waals surface area contributed by atoms with Crippen molar-refractivity contribution in [1.82, 2.24) is 5.32 Å². The Morgan fingerprint density at radius 1 is 1.50 bits per heavy atom. The Bertz CT molecular complexity index is 261. The number of rotatable bonds is 8. The fourth-order valence-corrected chi connectivity index (χ4v) is 2.64. The largest absolute Gasteiger partial charge is 0.396 e. The molecule has 1 aromatic heterocycles. The van der Waals surface area contributed by atoms with Crippen molar-refractivity contribution in [3.63, 3.8) is 0 Å². The molecule has 0 bridgehead atoms. The third kappa shape index (κ3) is 5.10. The van der Waals surface area contributed by atoms with Crippen molar-refractivity contribution in [1.29, 1.82) is 0 Å². The highest BCUT2D eigenvalue weighted by molar-refractivity contribution is 7.09. The van der Waals surface area contributed by atoms with Crippen LogP contribution in [0.25, 0.3) is 0 Å². The molecule has 0 fully saturated rings. The minimum Gasteiger partial charge on any atom is -0.396 e. The van der Waals surface area contributed by atoms with Crippen LogP contribution in [-0.4, -0.2) is 24.3 Å². The predicted molar refractivity (Wildman–Crippen MR) is 71.0 cm³/mol. The van der Waals surface area contributed by atoms with Gasteiger partial charge in [-0.1, -0.05) is 19.4 Å². The van der Waals surface area contributed by atoms with E-state index in [0.29, 0.717) is 18.6 Å². The summed E-state index contributed by atoms with van der Waals surface area (Å²) >= 11 is 1.82. The van der Waals surface area contributed by atoms with E-state index in [1.54, 1.807) is 0 Å². The van der Waals surface area contributed by atoms with Crippen molar-refractivity contribution in [2.75, 3.05) is 13.2 Å². The lowest BCUT2D eigenvalue weighted by Crippen LogP contribution is -2.32. The van der Waals surface area contributed by atoms with E-state index in [9.17, 15) is 0 Å². The Balaban J connectivity index is 2.21. The average Bonchev–Trinajstić information content (AvgIpc) is 2.76. The van der Waals surface area contributed by atoms with E-state index in [1.807, 2.05) is 11.3 Å². The van der Waals surface area contributed by atoms with Crippen molar-refractivity contribution in [2.24, 2.45) is 5.92 Å². The Morgan fingerprint density at radius 2 is 2.31 bits per heavy atom. The normalized spacial score (nSPS) is 14.9. The lowest BCUT2D eigenvalue weighted by molar-refractivity contribution is 0.249. The molecule has 2 atom stereocenters. The number of thiophene rings is 1. The first-order valence-corrected chi connectivity index (χ1v) is 7.00. The second kappa shape index (κ2) is 7.82. The standard InChI is InChI=1S/C13H23NOS/c1-3-12(6-7-15)10-14-11(2)9-13-5-4-8-16-13/h4-5,8,11-12,14-15H,3,6-7,9-10H2,1-2H3. The summed E-state index contributed by atoms with van der Waals surface area (Å²) in [6.45, 7) is 5.74. The molecule has 3 heteroatoms. The molecule has 2 N–H and O–H groups in total. The molecule has 0 aliphatic heterocycles. The van der Waals surface area contributed by atoms with Crippen LogP contribution >= 0.6 is 11.3 Å². The summed E-state index contributed by atoms with van der Waals surface area (Å²) in [6, 6.07) is 4.81. The maximum absolute atomic E-state index is 8.91. The number of hydrogen-bond acceptors (Lipinski definition) is 3. The molecule has 1 heterocycles. The predicted octanol–water partition coefficient (Wildman–Crippen LogP) is 2.68. The lowest BCUT2D eigenvalue weighted by atomic mass is 10.0. The van der Waals surface area contributed by atoms with E-state index in [4.69, 9.17) is 5.11 Å². The third-order valence-electron chi connectivity index (χ3n) is 2.96. The van der Waals surface area contributed by atoms with Crippen LogP contribution in [-0.2, 0) is 6.42 Å². The molecular formula is C13H23NOS. The zero-order valence-corrected chi connectivity index (χ0v) is 11.1. The number of nitrogens with one attached hydrogen (secondary N) is 1. The molecule has 0 spiro atoms. The molecule has 1 aromatic rings. The average molecular weight is 241 g/mol. The quantitative estimate of drug-likeness (QED) is 0.733. The van der Waals surface area contributed by atoms with Gasteiger partial charge in [-0.2, -0.15) is 0 Å². The first kappa shape index (κ1) is 13.7. The van der Waals surface area contributed by atoms with E-state index >= 15 is 0 Å². The molecule has 0 saturated heterocycles. The molecule has 0 radical (unpaired) electrons. The highest BCUT2D eigenvalue weighted by Crippen LogP contribution is 2.12. The van der Waals surface area contributed by atoms with E-state index < -0.39 is 0 Å². The molecule has 0 saturated carbocycles. The molecule has 0 aliphatic rings. The van der Waals surface area contributed by atoms with Crippen LogP contribution in [0.2, 0.25) is 0 Å². The molecule has 92 valence electrons. The highest BCUT2D eigenvalue weighted by Gasteiger charge is 2.08. The monoisotopic (exact) mass is 241 g/mol. The van der Waals surface area contributed by atoms with E-state index in [1.165, 1.54) is 4.88 Å². The minimum atomic E-state index is 0.305. The zero-order chi connectivity index (χ0) is 11.8. The van der Waals surface area contributed by atoms with Gasteiger partial charge in [0.2, 0.25) is 0 Å². The van der Waals surface area contributed by atoms with Crippen molar-refractivity contribution >= 4 is 11.3 Å². The van der Waals surface area contributed by atoms with Crippen molar-refractivity contribution in [3.05, 3.63) is 22.4 Å². The van der Waals surface area contributed by atoms with Crippen LogP contribution in [0, 0.1) is 5.92 Å². The topological polar surface area (TPSA) is 32.3 Å². The fraction of sp³-hybridized carbons (Fsp3) is 0.692. The van der Waals surface area contributed by atoms with E-state index in [-0.39, 0.29) is 0 Å². The van der Waals surface area contributed by atoms with Gasteiger partial charge in [0.05, 0.1) is 0 Å². The van der Waals surface area contributed by atoms with E-state index in [2.05, 4.69) is 36.7 Å². The Hall–Kier alpha value is -0.380. The van der Waals surface area contributed by atoms with Gasteiger partial charge in [0.1, 0.15) is 0 Å². The molecule has 16 heavy (non-hydrogen) atoms. The highest BCUT2D eigenvalue weighted by atomic mass is 32.1. The van der Waals surface area contributed by atoms with Gasteiger partial charge in [0, 0.05) is 17.5 Å². The Morgan fingerprint density at radius 3 is 2.88 bits per heavy atom. The minimum absolute atomic E-state index is 0.305.